The van der Waals surface area contributed by atoms with E-state index in [4.69, 9.17) is 0 Å². The molecule has 0 saturated carbocycles. The number of nitrogens with one attached hydrogen (secondary N) is 2. The number of rotatable bonds is 1. The third kappa shape index (κ3) is 1.78. The number of carbonyl (C=O) groups is 2. The fraction of sp³-hybridized carbons (Fsp3) is 0.200. The van der Waals surface area contributed by atoms with Crippen LogP contribution in [-0.2, 0) is 20.5 Å². The number of likely N-dealkylation sites (N-methyl/N-ethyl adjacent to an activating group) is 1. The van der Waals surface area contributed by atoms with Gasteiger partial charge in [-0.05, 0) is 30.3 Å². The van der Waals surface area contributed by atoms with Gasteiger partial charge in [0.05, 0.1) is 0 Å². The summed E-state index contributed by atoms with van der Waals surface area (Å²) < 4.78 is 0. The molecule has 3 aromatic rings. The summed E-state index contributed by atoms with van der Waals surface area (Å²) >= 11 is 0. The van der Waals surface area contributed by atoms with Crippen LogP contribution in [0.25, 0.3) is 0 Å². The first-order valence-electron chi connectivity index (χ1n) is 10.2. The van der Waals surface area contributed by atoms with E-state index in [1.54, 1.807) is 0 Å². The van der Waals surface area contributed by atoms with Crippen molar-refractivity contribution in [3.05, 3.63) is 95.6 Å². The minimum absolute atomic E-state index is 0.117. The van der Waals surface area contributed by atoms with Gasteiger partial charge in [0.1, 0.15) is 11.0 Å². The van der Waals surface area contributed by atoms with Gasteiger partial charge in [-0.3, -0.25) is 14.5 Å². The van der Waals surface area contributed by atoms with Crippen molar-refractivity contribution in [2.75, 3.05) is 24.2 Å². The molecule has 1 saturated heterocycles. The fourth-order valence-corrected chi connectivity index (χ4v) is 6.14. The Kier molecular flexibility index (Phi) is 3.37. The quantitative estimate of drug-likeness (QED) is 0.663. The molecular formula is C25H21N3O2. The highest BCUT2D eigenvalue weighted by molar-refractivity contribution is 6.18. The molecule has 0 radical (unpaired) electrons. The van der Waals surface area contributed by atoms with Crippen molar-refractivity contribution >= 4 is 23.2 Å². The first-order valence-corrected chi connectivity index (χ1v) is 10.2. The predicted molar refractivity (Wildman–Crippen MR) is 115 cm³/mol. The van der Waals surface area contributed by atoms with Crippen molar-refractivity contribution in [3.8, 4) is 0 Å². The molecule has 3 aliphatic rings. The molecule has 2 amide bonds. The van der Waals surface area contributed by atoms with Crippen molar-refractivity contribution in [1.82, 2.24) is 4.90 Å². The number of hydrogen-bond donors (Lipinski definition) is 2. The standard InChI is InChI=1S/C25H21N3O2/c1-28-15-19(16-9-3-2-4-10-16)24(17-11-5-7-13-20(17)26-22(24)29)25(28)18-12-6-8-14-21(18)27-23(25)30/h2-14,19H,15H2,1H3,(H,26,29)(H,27,30). The lowest BCUT2D eigenvalue weighted by atomic mass is 9.58. The predicted octanol–water partition coefficient (Wildman–Crippen LogP) is 3.45. The van der Waals surface area contributed by atoms with Gasteiger partial charge in [-0.25, -0.2) is 0 Å². The van der Waals surface area contributed by atoms with Crippen LogP contribution in [0.5, 0.6) is 0 Å². The average Bonchev–Trinajstić information content (AvgIpc) is 3.34. The Labute approximate surface area is 174 Å². The van der Waals surface area contributed by atoms with Crippen molar-refractivity contribution in [2.45, 2.75) is 16.9 Å². The number of fused-ring (bicyclic) bond motifs is 5. The Morgan fingerprint density at radius 1 is 0.767 bits per heavy atom. The van der Waals surface area contributed by atoms with Crippen LogP contribution in [0.2, 0.25) is 0 Å². The lowest BCUT2D eigenvalue weighted by Crippen LogP contribution is -2.60. The van der Waals surface area contributed by atoms with Gasteiger partial charge in [-0.15, -0.1) is 0 Å². The smallest absolute Gasteiger partial charge is 0.251 e. The van der Waals surface area contributed by atoms with E-state index in [1.165, 1.54) is 0 Å². The second-order valence-electron chi connectivity index (χ2n) is 8.36. The van der Waals surface area contributed by atoms with Gasteiger partial charge in [0, 0.05) is 29.4 Å². The fourth-order valence-electron chi connectivity index (χ4n) is 6.14. The van der Waals surface area contributed by atoms with Crippen LogP contribution in [0.3, 0.4) is 0 Å². The van der Waals surface area contributed by atoms with Crippen molar-refractivity contribution < 1.29 is 9.59 Å². The van der Waals surface area contributed by atoms with Crippen LogP contribution in [-0.4, -0.2) is 30.3 Å². The highest BCUT2D eigenvalue weighted by atomic mass is 16.2. The molecule has 2 N–H and O–H groups in total. The lowest BCUT2D eigenvalue weighted by molar-refractivity contribution is -0.136. The van der Waals surface area contributed by atoms with Gasteiger partial charge >= 0.3 is 0 Å². The average molecular weight is 395 g/mol. The molecule has 3 unspecified atom stereocenters. The molecule has 0 bridgehead atoms. The first-order chi connectivity index (χ1) is 14.6. The van der Waals surface area contributed by atoms with Crippen LogP contribution >= 0.6 is 0 Å². The van der Waals surface area contributed by atoms with E-state index in [-0.39, 0.29) is 17.7 Å². The molecule has 6 rings (SSSR count). The largest absolute Gasteiger partial charge is 0.325 e. The van der Waals surface area contributed by atoms with Gasteiger partial charge in [0.15, 0.2) is 0 Å². The Balaban J connectivity index is 1.75. The summed E-state index contributed by atoms with van der Waals surface area (Å²) in [7, 11) is 1.96. The van der Waals surface area contributed by atoms with Crippen molar-refractivity contribution in [2.24, 2.45) is 0 Å². The number of benzene rings is 3. The highest BCUT2D eigenvalue weighted by Gasteiger charge is 2.76. The minimum atomic E-state index is -1.12. The van der Waals surface area contributed by atoms with Gasteiger partial charge in [-0.1, -0.05) is 66.7 Å². The van der Waals surface area contributed by atoms with E-state index in [1.807, 2.05) is 73.8 Å². The van der Waals surface area contributed by atoms with Crippen molar-refractivity contribution in [3.63, 3.8) is 0 Å². The summed E-state index contributed by atoms with van der Waals surface area (Å²) in [5.41, 5.74) is 2.18. The van der Waals surface area contributed by atoms with E-state index in [9.17, 15) is 9.59 Å². The lowest BCUT2D eigenvalue weighted by Gasteiger charge is -2.43. The second kappa shape index (κ2) is 5.80. The molecule has 148 valence electrons. The van der Waals surface area contributed by atoms with Crippen LogP contribution < -0.4 is 10.6 Å². The molecule has 0 aliphatic carbocycles. The molecule has 0 aromatic heterocycles. The number of hydrogen-bond acceptors (Lipinski definition) is 3. The molecule has 3 aromatic carbocycles. The molecule has 5 heteroatoms. The summed E-state index contributed by atoms with van der Waals surface area (Å²) in [4.78, 5) is 29.9. The maximum absolute atomic E-state index is 14.0. The number of carbonyl (C=O) groups excluding carboxylic acids is 2. The van der Waals surface area contributed by atoms with Crippen LogP contribution in [0.1, 0.15) is 22.6 Å². The number of nitrogens with zero attached hydrogens (tertiary/aromatic N) is 1. The molecule has 5 nitrogen and oxygen atoms in total. The van der Waals surface area contributed by atoms with E-state index in [2.05, 4.69) is 27.7 Å². The summed E-state index contributed by atoms with van der Waals surface area (Å²) in [6, 6.07) is 25.6. The van der Waals surface area contributed by atoms with Gasteiger partial charge in [0.2, 0.25) is 5.91 Å². The third-order valence-electron chi connectivity index (χ3n) is 7.18. The second-order valence-corrected chi connectivity index (χ2v) is 8.36. The Hall–Kier alpha value is -3.44. The summed E-state index contributed by atoms with van der Waals surface area (Å²) in [6.07, 6.45) is 0. The normalized spacial score (nSPS) is 29.2. The number of para-hydroxylation sites is 2. The van der Waals surface area contributed by atoms with Crippen LogP contribution in [0.15, 0.2) is 78.9 Å². The molecule has 1 fully saturated rings. The summed E-state index contributed by atoms with van der Waals surface area (Å²) in [6.45, 7) is 0.591. The SMILES string of the molecule is CN1CC(c2ccccc2)C2(C(=O)Nc3ccccc32)C12C(=O)Nc1ccccc12. The van der Waals surface area contributed by atoms with Gasteiger partial charge < -0.3 is 10.6 Å². The zero-order valence-electron chi connectivity index (χ0n) is 16.6. The highest BCUT2D eigenvalue weighted by Crippen LogP contribution is 2.65. The maximum Gasteiger partial charge on any atom is 0.251 e. The van der Waals surface area contributed by atoms with Gasteiger partial charge in [0.25, 0.3) is 5.91 Å². The Morgan fingerprint density at radius 3 is 2.07 bits per heavy atom. The van der Waals surface area contributed by atoms with E-state index >= 15 is 0 Å². The first kappa shape index (κ1) is 17.4. The van der Waals surface area contributed by atoms with E-state index in [0.717, 1.165) is 28.1 Å². The van der Waals surface area contributed by atoms with Gasteiger partial charge in [-0.2, -0.15) is 0 Å². The summed E-state index contributed by atoms with van der Waals surface area (Å²) in [5.74, 6) is -0.436. The zero-order chi connectivity index (χ0) is 20.5. The third-order valence-corrected chi connectivity index (χ3v) is 7.18. The molecule has 3 aliphatic heterocycles. The summed E-state index contributed by atoms with van der Waals surface area (Å²) in [5, 5.41) is 6.18. The number of amides is 2. The number of likely N-dealkylation sites (tertiary alicyclic amines) is 1. The Bertz CT molecular complexity index is 1210. The maximum atomic E-state index is 14.0. The molecule has 2 spiro atoms. The van der Waals surface area contributed by atoms with Crippen LogP contribution in [0, 0.1) is 0 Å². The molecule has 30 heavy (non-hydrogen) atoms. The topological polar surface area (TPSA) is 61.4 Å². The molecule has 3 atom stereocenters. The molecular weight excluding hydrogens is 374 g/mol. The number of anilines is 2. The van der Waals surface area contributed by atoms with E-state index < -0.39 is 11.0 Å². The van der Waals surface area contributed by atoms with E-state index in [0.29, 0.717) is 6.54 Å². The van der Waals surface area contributed by atoms with Crippen molar-refractivity contribution in [1.29, 1.82) is 0 Å². The Morgan fingerprint density at radius 2 is 1.33 bits per heavy atom. The molecule has 3 heterocycles. The van der Waals surface area contributed by atoms with Crippen LogP contribution in [0.4, 0.5) is 11.4 Å². The monoisotopic (exact) mass is 395 g/mol. The minimum Gasteiger partial charge on any atom is -0.325 e. The zero-order valence-corrected chi connectivity index (χ0v) is 16.6.